The minimum atomic E-state index is -4.60. The van der Waals surface area contributed by atoms with Gasteiger partial charge in [0, 0.05) is 11.5 Å². The van der Waals surface area contributed by atoms with E-state index in [9.17, 15) is 23.1 Å². The number of carbonyl (C=O) groups excluding carboxylic acids is 1. The number of carbonyl (C=O) groups is 1. The normalized spacial score (nSPS) is 20.3. The maximum absolute atomic E-state index is 13.1. The van der Waals surface area contributed by atoms with Gasteiger partial charge in [0.2, 0.25) is 4.80 Å². The number of hydrogen-bond acceptors (Lipinski definition) is 6. The molecule has 2 aromatic rings. The van der Waals surface area contributed by atoms with Gasteiger partial charge in [0.1, 0.15) is 17.0 Å². The minimum absolute atomic E-state index is 0.00874. The molecule has 1 saturated heterocycles. The standard InChI is InChI=1S/C20H25F3N4O3S/c1-19(2,3)17-26-27(10-12-6-8-15(28)24-12)18(31-17)25-16(29)13-9-11(20(21,22)23)5-7-14(13)30-4/h5,7,9,12,15,24,28H,6,8,10H2,1-4H3/t12-,15-/m0/s1. The molecular weight excluding hydrogens is 433 g/mol. The lowest BCUT2D eigenvalue weighted by molar-refractivity contribution is -0.137. The molecule has 0 saturated carbocycles. The summed E-state index contributed by atoms with van der Waals surface area (Å²) in [5, 5.41) is 18.0. The quantitative estimate of drug-likeness (QED) is 0.735. The number of aromatic nitrogens is 2. The summed E-state index contributed by atoms with van der Waals surface area (Å²) in [5.41, 5.74) is -1.53. The SMILES string of the molecule is COc1ccc(C(F)(F)F)cc1C(=O)N=c1sc(C(C)(C)C)nn1C[C@@H]1CC[C@H](O)N1. The van der Waals surface area contributed by atoms with E-state index in [1.807, 2.05) is 20.8 Å². The lowest BCUT2D eigenvalue weighted by atomic mass is 9.98. The molecule has 0 radical (unpaired) electrons. The predicted molar refractivity (Wildman–Crippen MR) is 109 cm³/mol. The van der Waals surface area contributed by atoms with Crippen molar-refractivity contribution in [2.45, 2.75) is 64.0 Å². The van der Waals surface area contributed by atoms with Crippen LogP contribution in [0.25, 0.3) is 0 Å². The predicted octanol–water partition coefficient (Wildman–Crippen LogP) is 3.08. The second-order valence-corrected chi connectivity index (χ2v) is 9.36. The molecule has 1 aromatic heterocycles. The highest BCUT2D eigenvalue weighted by Crippen LogP contribution is 2.33. The monoisotopic (exact) mass is 458 g/mol. The highest BCUT2D eigenvalue weighted by atomic mass is 32.1. The number of benzene rings is 1. The molecule has 0 spiro atoms. The zero-order valence-corrected chi connectivity index (χ0v) is 18.5. The van der Waals surface area contributed by atoms with E-state index in [0.717, 1.165) is 29.6 Å². The van der Waals surface area contributed by atoms with Crippen molar-refractivity contribution in [2.75, 3.05) is 7.11 Å². The van der Waals surface area contributed by atoms with Crippen molar-refractivity contribution in [3.05, 3.63) is 39.1 Å². The fraction of sp³-hybridized carbons (Fsp3) is 0.550. The Balaban J connectivity index is 2.04. The molecule has 2 N–H and O–H groups in total. The number of amides is 1. The summed E-state index contributed by atoms with van der Waals surface area (Å²) in [6, 6.07) is 2.66. The van der Waals surface area contributed by atoms with Crippen LogP contribution >= 0.6 is 11.3 Å². The van der Waals surface area contributed by atoms with Crippen LogP contribution in [-0.2, 0) is 18.1 Å². The zero-order chi connectivity index (χ0) is 23.0. The van der Waals surface area contributed by atoms with E-state index in [2.05, 4.69) is 15.4 Å². The van der Waals surface area contributed by atoms with E-state index < -0.39 is 23.9 Å². The van der Waals surface area contributed by atoms with E-state index in [0.29, 0.717) is 13.0 Å². The highest BCUT2D eigenvalue weighted by molar-refractivity contribution is 7.09. The number of nitrogens with zero attached hydrogens (tertiary/aromatic N) is 3. The van der Waals surface area contributed by atoms with Crippen LogP contribution in [-0.4, -0.2) is 40.2 Å². The van der Waals surface area contributed by atoms with Crippen LogP contribution in [0.15, 0.2) is 23.2 Å². The highest BCUT2D eigenvalue weighted by Gasteiger charge is 2.32. The van der Waals surface area contributed by atoms with Crippen LogP contribution in [0, 0.1) is 0 Å². The van der Waals surface area contributed by atoms with Crippen molar-refractivity contribution in [1.29, 1.82) is 0 Å². The summed E-state index contributed by atoms with van der Waals surface area (Å²) in [6.45, 7) is 6.27. The van der Waals surface area contributed by atoms with E-state index >= 15 is 0 Å². The fourth-order valence-corrected chi connectivity index (χ4v) is 4.13. The molecule has 170 valence electrons. The largest absolute Gasteiger partial charge is 0.496 e. The number of hydrogen-bond donors (Lipinski definition) is 2. The number of methoxy groups -OCH3 is 1. The number of ether oxygens (including phenoxy) is 1. The third-order valence-electron chi connectivity index (χ3n) is 4.83. The lowest BCUT2D eigenvalue weighted by Crippen LogP contribution is -2.35. The Morgan fingerprint density at radius 3 is 2.61 bits per heavy atom. The van der Waals surface area contributed by atoms with Gasteiger partial charge in [0.15, 0.2) is 0 Å². The second-order valence-electron chi connectivity index (χ2n) is 8.41. The molecule has 1 aromatic carbocycles. The number of rotatable bonds is 4. The van der Waals surface area contributed by atoms with E-state index in [1.165, 1.54) is 18.4 Å². The van der Waals surface area contributed by atoms with Crippen LogP contribution in [0.5, 0.6) is 5.75 Å². The Hall–Kier alpha value is -2.24. The van der Waals surface area contributed by atoms with Crippen molar-refractivity contribution in [3.63, 3.8) is 0 Å². The van der Waals surface area contributed by atoms with Crippen LogP contribution in [0.1, 0.15) is 54.5 Å². The molecule has 1 amide bonds. The first-order chi connectivity index (χ1) is 14.4. The zero-order valence-electron chi connectivity index (χ0n) is 17.7. The van der Waals surface area contributed by atoms with Gasteiger partial charge >= 0.3 is 6.18 Å². The van der Waals surface area contributed by atoms with Crippen molar-refractivity contribution >= 4 is 17.2 Å². The molecular formula is C20H25F3N4O3S. The molecule has 2 atom stereocenters. The smallest absolute Gasteiger partial charge is 0.416 e. The number of halogens is 3. The Morgan fingerprint density at radius 2 is 2.06 bits per heavy atom. The average molecular weight is 459 g/mol. The maximum Gasteiger partial charge on any atom is 0.416 e. The molecule has 3 rings (SSSR count). The molecule has 0 bridgehead atoms. The van der Waals surface area contributed by atoms with Gasteiger partial charge in [-0.25, -0.2) is 4.68 Å². The van der Waals surface area contributed by atoms with E-state index in [-0.39, 0.29) is 27.6 Å². The first kappa shape index (κ1) is 23.4. The van der Waals surface area contributed by atoms with Crippen LogP contribution in [0.2, 0.25) is 0 Å². The Bertz CT molecular complexity index is 1020. The molecule has 7 nitrogen and oxygen atoms in total. The average Bonchev–Trinajstić information content (AvgIpc) is 3.26. The molecule has 2 heterocycles. The van der Waals surface area contributed by atoms with Crippen LogP contribution < -0.4 is 14.9 Å². The lowest BCUT2D eigenvalue weighted by Gasteiger charge is -2.14. The van der Waals surface area contributed by atoms with Gasteiger partial charge < -0.3 is 9.84 Å². The molecule has 1 fully saturated rings. The van der Waals surface area contributed by atoms with Gasteiger partial charge in [0.25, 0.3) is 5.91 Å². The first-order valence-electron chi connectivity index (χ1n) is 9.75. The summed E-state index contributed by atoms with van der Waals surface area (Å²) in [5.74, 6) is -0.838. The van der Waals surface area contributed by atoms with Crippen molar-refractivity contribution in [3.8, 4) is 5.75 Å². The second kappa shape index (κ2) is 8.71. The van der Waals surface area contributed by atoms with Gasteiger partial charge in [-0.15, -0.1) is 0 Å². The summed E-state index contributed by atoms with van der Waals surface area (Å²) < 4.78 is 46.0. The summed E-state index contributed by atoms with van der Waals surface area (Å²) in [7, 11) is 1.28. The number of aliphatic hydroxyl groups excluding tert-OH is 1. The topological polar surface area (TPSA) is 88.7 Å². The molecule has 11 heteroatoms. The van der Waals surface area contributed by atoms with Crippen molar-refractivity contribution in [1.82, 2.24) is 15.1 Å². The number of alkyl halides is 3. The summed E-state index contributed by atoms with van der Waals surface area (Å²) in [6.07, 6.45) is -3.86. The first-order valence-corrected chi connectivity index (χ1v) is 10.6. The summed E-state index contributed by atoms with van der Waals surface area (Å²) >= 11 is 1.21. The minimum Gasteiger partial charge on any atom is -0.496 e. The third-order valence-corrected chi connectivity index (χ3v) is 6.20. The van der Waals surface area contributed by atoms with E-state index in [4.69, 9.17) is 4.74 Å². The Kier molecular flexibility index (Phi) is 6.59. The van der Waals surface area contributed by atoms with E-state index in [1.54, 1.807) is 4.68 Å². The van der Waals surface area contributed by atoms with Gasteiger partial charge in [-0.2, -0.15) is 23.3 Å². The van der Waals surface area contributed by atoms with Gasteiger partial charge in [-0.1, -0.05) is 32.1 Å². The van der Waals surface area contributed by atoms with Crippen LogP contribution in [0.3, 0.4) is 0 Å². The maximum atomic E-state index is 13.1. The molecule has 1 aliphatic rings. The molecule has 31 heavy (non-hydrogen) atoms. The number of aliphatic hydroxyl groups is 1. The molecule has 1 aliphatic heterocycles. The van der Waals surface area contributed by atoms with Gasteiger partial charge in [-0.3, -0.25) is 10.1 Å². The summed E-state index contributed by atoms with van der Waals surface area (Å²) in [4.78, 5) is 17.2. The van der Waals surface area contributed by atoms with Crippen molar-refractivity contribution < 1.29 is 27.8 Å². The number of nitrogens with one attached hydrogen (secondary N) is 1. The van der Waals surface area contributed by atoms with Crippen molar-refractivity contribution in [2.24, 2.45) is 4.99 Å². The van der Waals surface area contributed by atoms with Gasteiger partial charge in [-0.05, 0) is 31.0 Å². The molecule has 0 aliphatic carbocycles. The Morgan fingerprint density at radius 1 is 1.35 bits per heavy atom. The van der Waals surface area contributed by atoms with Gasteiger partial charge in [0.05, 0.1) is 24.8 Å². The third kappa shape index (κ3) is 5.52. The fourth-order valence-electron chi connectivity index (χ4n) is 3.16. The molecule has 0 unspecified atom stereocenters. The Labute approximate surface area is 181 Å². The van der Waals surface area contributed by atoms with Crippen LogP contribution in [0.4, 0.5) is 13.2 Å².